The van der Waals surface area contributed by atoms with Gasteiger partial charge in [0, 0.05) is 6.54 Å². The summed E-state index contributed by atoms with van der Waals surface area (Å²) in [7, 11) is 0. The number of alkyl halides is 3. The Balaban J connectivity index is 0. The molecule has 0 aromatic heterocycles. The average Bonchev–Trinajstić information content (AvgIpc) is 1.81. The third-order valence-corrected chi connectivity index (χ3v) is 1.26. The van der Waals surface area contributed by atoms with Crippen molar-refractivity contribution < 1.29 is 17.9 Å². The first kappa shape index (κ1) is 14.5. The van der Waals surface area contributed by atoms with Gasteiger partial charge < -0.3 is 10.5 Å². The summed E-state index contributed by atoms with van der Waals surface area (Å²) in [6.45, 7) is 1.97. The minimum atomic E-state index is -4.33. The predicted octanol–water partition coefficient (Wildman–Crippen LogP) is 1.72. The monoisotopic (exact) mass is 207 g/mol. The number of ether oxygens (including phenoxy) is 1. The third-order valence-electron chi connectivity index (χ3n) is 1.26. The summed E-state index contributed by atoms with van der Waals surface area (Å²) < 4.78 is 40.5. The van der Waals surface area contributed by atoms with E-state index < -0.39 is 11.8 Å². The Morgan fingerprint density at radius 2 is 1.67 bits per heavy atom. The van der Waals surface area contributed by atoms with E-state index in [1.54, 1.807) is 0 Å². The van der Waals surface area contributed by atoms with Crippen LogP contribution in [0, 0.1) is 0 Å². The molecule has 0 aromatic carbocycles. The summed E-state index contributed by atoms with van der Waals surface area (Å²) in [6.07, 6.45) is -4.33. The van der Waals surface area contributed by atoms with Crippen molar-refractivity contribution in [3.63, 3.8) is 0 Å². The molecule has 0 atom stereocenters. The maximum absolute atomic E-state index is 12.0. The molecular weight excluding hydrogens is 195 g/mol. The van der Waals surface area contributed by atoms with Crippen LogP contribution in [-0.2, 0) is 4.74 Å². The molecule has 76 valence electrons. The molecule has 0 rings (SSSR count). The van der Waals surface area contributed by atoms with Crippen LogP contribution < -0.4 is 5.73 Å². The van der Waals surface area contributed by atoms with Gasteiger partial charge in [-0.25, -0.2) is 0 Å². The second-order valence-electron chi connectivity index (χ2n) is 2.65. The highest BCUT2D eigenvalue weighted by Gasteiger charge is 2.48. The van der Waals surface area contributed by atoms with Crippen LogP contribution in [-0.4, -0.2) is 24.9 Å². The molecule has 0 heterocycles. The average molecular weight is 208 g/mol. The van der Waals surface area contributed by atoms with Crippen molar-refractivity contribution in [1.82, 2.24) is 0 Å². The number of hydrogen-bond donors (Lipinski definition) is 1. The first-order valence-electron chi connectivity index (χ1n) is 3.22. The lowest BCUT2D eigenvalue weighted by molar-refractivity contribution is -0.262. The molecule has 0 unspecified atom stereocenters. The zero-order valence-corrected chi connectivity index (χ0v) is 7.76. The lowest BCUT2D eigenvalue weighted by Gasteiger charge is -2.27. The van der Waals surface area contributed by atoms with Gasteiger partial charge in [-0.3, -0.25) is 0 Å². The molecule has 6 heteroatoms. The smallest absolute Gasteiger partial charge is 0.365 e. The molecule has 0 amide bonds. The second-order valence-corrected chi connectivity index (χ2v) is 2.65. The van der Waals surface area contributed by atoms with Crippen molar-refractivity contribution in [2.24, 2.45) is 5.73 Å². The van der Waals surface area contributed by atoms with E-state index >= 15 is 0 Å². The van der Waals surface area contributed by atoms with Gasteiger partial charge in [0.15, 0.2) is 5.60 Å². The molecule has 0 fully saturated rings. The molecule has 0 radical (unpaired) electrons. The van der Waals surface area contributed by atoms with E-state index in [-0.39, 0.29) is 25.6 Å². The topological polar surface area (TPSA) is 35.2 Å². The predicted molar refractivity (Wildman–Crippen MR) is 42.4 cm³/mol. The fourth-order valence-electron chi connectivity index (χ4n) is 0.396. The van der Waals surface area contributed by atoms with E-state index in [0.29, 0.717) is 0 Å². The van der Waals surface area contributed by atoms with Crippen LogP contribution in [0.25, 0.3) is 0 Å². The largest absolute Gasteiger partial charge is 0.416 e. The number of nitrogens with two attached hydrogens (primary N) is 1. The number of rotatable bonds is 3. The van der Waals surface area contributed by atoms with Crippen LogP contribution in [0.3, 0.4) is 0 Å². The van der Waals surface area contributed by atoms with Crippen molar-refractivity contribution in [3.05, 3.63) is 0 Å². The molecular formula is C6H13ClF3NO. The molecule has 0 bridgehead atoms. The Labute approximate surface area is 75.7 Å². The van der Waals surface area contributed by atoms with Crippen LogP contribution in [0.2, 0.25) is 0 Å². The minimum absolute atomic E-state index is 0. The lowest BCUT2D eigenvalue weighted by Crippen LogP contribution is -2.42. The van der Waals surface area contributed by atoms with Gasteiger partial charge in [-0.2, -0.15) is 13.2 Å². The Bertz CT molecular complexity index is 126. The molecule has 2 N–H and O–H groups in total. The highest BCUT2D eigenvalue weighted by molar-refractivity contribution is 5.85. The minimum Gasteiger partial charge on any atom is -0.365 e. The molecule has 2 nitrogen and oxygen atoms in total. The van der Waals surface area contributed by atoms with Crippen molar-refractivity contribution in [2.75, 3.05) is 13.2 Å². The van der Waals surface area contributed by atoms with Gasteiger partial charge in [0.1, 0.15) is 0 Å². The van der Waals surface area contributed by atoms with Gasteiger partial charge in [0.2, 0.25) is 0 Å². The normalized spacial score (nSPS) is 12.5. The SMILES string of the molecule is CC(C)(OCCN)C(F)(F)F.Cl. The van der Waals surface area contributed by atoms with Crippen LogP contribution in [0.15, 0.2) is 0 Å². The summed E-state index contributed by atoms with van der Waals surface area (Å²) in [5.41, 5.74) is 2.90. The van der Waals surface area contributed by atoms with Gasteiger partial charge in [0.25, 0.3) is 0 Å². The third kappa shape index (κ3) is 4.13. The van der Waals surface area contributed by atoms with Crippen molar-refractivity contribution >= 4 is 12.4 Å². The second kappa shape index (κ2) is 4.89. The van der Waals surface area contributed by atoms with Crippen molar-refractivity contribution in [2.45, 2.75) is 25.6 Å². The summed E-state index contributed by atoms with van der Waals surface area (Å²) in [4.78, 5) is 0. The first-order chi connectivity index (χ1) is 4.81. The zero-order valence-electron chi connectivity index (χ0n) is 6.94. The fourth-order valence-corrected chi connectivity index (χ4v) is 0.396. The fraction of sp³-hybridized carbons (Fsp3) is 1.00. The quantitative estimate of drug-likeness (QED) is 0.765. The van der Waals surface area contributed by atoms with Gasteiger partial charge in [-0.1, -0.05) is 0 Å². The highest BCUT2D eigenvalue weighted by atomic mass is 35.5. The van der Waals surface area contributed by atoms with E-state index in [1.165, 1.54) is 0 Å². The molecule has 0 aromatic rings. The van der Waals surface area contributed by atoms with Gasteiger partial charge in [0.05, 0.1) is 6.61 Å². The molecule has 0 spiro atoms. The van der Waals surface area contributed by atoms with Crippen molar-refractivity contribution in [1.29, 1.82) is 0 Å². The molecule has 0 saturated carbocycles. The van der Waals surface area contributed by atoms with E-state index in [4.69, 9.17) is 5.73 Å². The zero-order chi connectivity index (χ0) is 9.12. The van der Waals surface area contributed by atoms with E-state index in [2.05, 4.69) is 4.74 Å². The first-order valence-corrected chi connectivity index (χ1v) is 3.22. The Morgan fingerprint density at radius 1 is 1.25 bits per heavy atom. The molecule has 12 heavy (non-hydrogen) atoms. The van der Waals surface area contributed by atoms with Crippen LogP contribution >= 0.6 is 12.4 Å². The summed E-state index contributed by atoms with van der Waals surface area (Å²) >= 11 is 0. The Morgan fingerprint density at radius 3 is 1.92 bits per heavy atom. The van der Waals surface area contributed by atoms with Gasteiger partial charge in [-0.05, 0) is 13.8 Å². The number of halogens is 4. The van der Waals surface area contributed by atoms with Crippen LogP contribution in [0.5, 0.6) is 0 Å². The lowest BCUT2D eigenvalue weighted by atomic mass is 10.1. The van der Waals surface area contributed by atoms with E-state index in [0.717, 1.165) is 13.8 Å². The molecule has 0 aliphatic carbocycles. The maximum atomic E-state index is 12.0. The summed E-state index contributed by atoms with van der Waals surface area (Å²) in [5.74, 6) is 0. The summed E-state index contributed by atoms with van der Waals surface area (Å²) in [6, 6.07) is 0. The molecule has 0 aliphatic heterocycles. The van der Waals surface area contributed by atoms with Gasteiger partial charge in [-0.15, -0.1) is 12.4 Å². The summed E-state index contributed by atoms with van der Waals surface area (Å²) in [5, 5.41) is 0. The molecule has 0 aliphatic rings. The maximum Gasteiger partial charge on any atom is 0.416 e. The van der Waals surface area contributed by atoms with E-state index in [1.807, 2.05) is 0 Å². The standard InChI is InChI=1S/C6H12F3NO.ClH/c1-5(2,6(7,8)9)11-4-3-10;/h3-4,10H2,1-2H3;1H. The van der Waals surface area contributed by atoms with Crippen LogP contribution in [0.1, 0.15) is 13.8 Å². The Kier molecular flexibility index (Phi) is 5.92. The highest BCUT2D eigenvalue weighted by Crippen LogP contribution is 2.32. The van der Waals surface area contributed by atoms with E-state index in [9.17, 15) is 13.2 Å². The number of hydrogen-bond acceptors (Lipinski definition) is 2. The van der Waals surface area contributed by atoms with Crippen molar-refractivity contribution in [3.8, 4) is 0 Å². The van der Waals surface area contributed by atoms with Gasteiger partial charge >= 0.3 is 6.18 Å². The molecule has 0 saturated heterocycles. The Hall–Kier alpha value is -0.0000000000000000555. The van der Waals surface area contributed by atoms with Crippen LogP contribution in [0.4, 0.5) is 13.2 Å².